The van der Waals surface area contributed by atoms with E-state index in [4.69, 9.17) is 27.7 Å². The van der Waals surface area contributed by atoms with E-state index in [1.54, 1.807) is 47.8 Å². The molecular formula is C47H64N12Ni2O10S2-2. The molecule has 4 rings (SSSR count). The number of ether oxygens (including phenoxy) is 1. The van der Waals surface area contributed by atoms with Gasteiger partial charge in [-0.15, -0.1) is 9.79 Å². The summed E-state index contributed by atoms with van der Waals surface area (Å²) in [5.74, 6) is -3.02. The molecule has 0 aliphatic rings. The number of carboxylic acids is 1. The van der Waals surface area contributed by atoms with E-state index in [9.17, 15) is 44.1 Å². The van der Waals surface area contributed by atoms with Gasteiger partial charge in [0.25, 0.3) is 0 Å². The van der Waals surface area contributed by atoms with E-state index in [0.717, 1.165) is 0 Å². The van der Waals surface area contributed by atoms with Gasteiger partial charge in [0.2, 0.25) is 0 Å². The van der Waals surface area contributed by atoms with Gasteiger partial charge in [-0.05, 0) is 12.5 Å². The second-order valence-electron chi connectivity index (χ2n) is 15.0. The predicted octanol–water partition coefficient (Wildman–Crippen LogP) is 2.27. The van der Waals surface area contributed by atoms with Crippen LogP contribution in [0.25, 0.3) is 0 Å². The van der Waals surface area contributed by atoms with Crippen molar-refractivity contribution >= 4 is 59.3 Å². The molecule has 6 amide bonds. The van der Waals surface area contributed by atoms with Crippen molar-refractivity contribution < 1.29 is 79.4 Å². The number of rotatable bonds is 24. The molecule has 0 radical (unpaired) electrons. The number of esters is 1. The van der Waals surface area contributed by atoms with Crippen LogP contribution >= 0.6 is 23.5 Å². The Morgan fingerprint density at radius 1 is 0.589 bits per heavy atom. The van der Waals surface area contributed by atoms with E-state index in [-0.39, 0.29) is 37.2 Å². The van der Waals surface area contributed by atoms with Crippen LogP contribution in [0.3, 0.4) is 0 Å². The molecule has 406 valence electrons. The number of hydrogen-bond acceptors (Lipinski definition) is 17. The molecule has 73 heavy (non-hydrogen) atoms. The second-order valence-corrected chi connectivity index (χ2v) is 17.2. The second kappa shape index (κ2) is 38.9. The van der Waals surface area contributed by atoms with Crippen LogP contribution in [-0.2, 0) is 67.3 Å². The Morgan fingerprint density at radius 3 is 1.25 bits per heavy atom. The summed E-state index contributed by atoms with van der Waals surface area (Å²) in [7, 11) is 1.21. The number of amides is 6. The van der Waals surface area contributed by atoms with Crippen molar-refractivity contribution in [2.45, 2.75) is 85.1 Å². The number of nitrogens with one attached hydrogen (secondary N) is 6. The number of carbonyl (C=O) groups is 6. The van der Waals surface area contributed by atoms with Crippen LogP contribution in [0.4, 0.5) is 9.59 Å². The summed E-state index contributed by atoms with van der Waals surface area (Å²) in [6, 6.07) is 28.0. The van der Waals surface area contributed by atoms with Gasteiger partial charge >= 0.3 is 322 Å². The van der Waals surface area contributed by atoms with Crippen LogP contribution in [0.2, 0.25) is 0 Å². The number of carbonyl (C=O) groups excluding carboxylic acids is 5. The zero-order valence-corrected chi connectivity index (χ0v) is 43.8. The number of benzene rings is 4. The van der Waals surface area contributed by atoms with Crippen LogP contribution in [0.5, 0.6) is 11.5 Å². The van der Waals surface area contributed by atoms with E-state index in [1.165, 1.54) is 41.2 Å². The molecule has 0 heterocycles. The van der Waals surface area contributed by atoms with Gasteiger partial charge in [-0.1, -0.05) is 0 Å². The first-order valence-corrected chi connectivity index (χ1v) is 25.3. The number of phenols is 2. The molecule has 0 aliphatic heterocycles. The third-order valence-corrected chi connectivity index (χ3v) is 11.4. The topological polar surface area (TPSA) is 373 Å². The first-order chi connectivity index (χ1) is 34.8. The zero-order chi connectivity index (χ0) is 54.6. The Balaban J connectivity index is 0.000000558. The number of phenolic OH excluding ortho intramolecular Hbond substituents is 2. The fourth-order valence-corrected chi connectivity index (χ4v) is 6.80. The molecule has 0 saturated heterocycles. The summed E-state index contributed by atoms with van der Waals surface area (Å²) in [5, 5.41) is 43.3. The number of aromatic hydroxyl groups is 2. The standard InChI is InChI=1S/C17H26N6O5.C16H24N6O5.2C7H7S.2Ni/c1-28-15(26)12(3-2-8-21-16(18)19)22-14(25)13(23-17(20)27)9-10-4-6-11(24)7-5-10;17-15(18)20-7-1-2-11(14(25)26)21-13(24)12(22-16(19)27)8-9-3-5-10(23)6-4-9;2*1-8-7-5-3-2-4-6-7;;/h4-7,12-13,16,21,24H,2-3,8-9,18-19H2,1H3,(H,22,25)(H,23,27);3-6,11-12,15,20,23H,1-2,7-8,17-18H2,(H,21,24)(H,22,27)(H,25,26);2*3-6H,1H3;;/q;;2*-1;;. The Labute approximate surface area is 448 Å². The maximum atomic E-state index is 12.7. The van der Waals surface area contributed by atoms with Crippen LogP contribution in [0, 0.1) is 12.1 Å². The average molecular weight is 1140 g/mol. The van der Waals surface area contributed by atoms with Crippen molar-refractivity contribution in [2.24, 2.45) is 31.0 Å². The Morgan fingerprint density at radius 2 is 0.945 bits per heavy atom. The van der Waals surface area contributed by atoms with Crippen molar-refractivity contribution in [1.29, 1.82) is 0 Å². The van der Waals surface area contributed by atoms with Crippen molar-refractivity contribution in [2.75, 3.05) is 32.7 Å². The Kier molecular flexibility index (Phi) is 34.8. The van der Waals surface area contributed by atoms with Crippen molar-refractivity contribution in [3.8, 4) is 11.5 Å². The van der Waals surface area contributed by atoms with Gasteiger partial charge in [0.15, 0.2) is 0 Å². The Bertz CT molecular complexity index is 2220. The first-order valence-electron chi connectivity index (χ1n) is 22.0. The zero-order valence-electron chi connectivity index (χ0n) is 40.2. The maximum absolute atomic E-state index is 12.7. The van der Waals surface area contributed by atoms with E-state index in [2.05, 4.69) is 95.1 Å². The number of aliphatic carboxylic acids is 1. The van der Waals surface area contributed by atoms with E-state index in [0.29, 0.717) is 37.1 Å². The van der Waals surface area contributed by atoms with Gasteiger partial charge in [0, 0.05) is 0 Å². The molecule has 4 aromatic rings. The molecule has 0 saturated carbocycles. The molecule has 0 bridgehead atoms. The molecule has 0 spiro atoms. The van der Waals surface area contributed by atoms with Gasteiger partial charge in [0.05, 0.1) is 0 Å². The number of carboxylic acid groups (broad SMARTS) is 1. The molecule has 17 N–H and O–H groups in total. The summed E-state index contributed by atoms with van der Waals surface area (Å²) >= 11 is 11.5. The fourth-order valence-electron chi connectivity index (χ4n) is 5.85. The SMILES string of the molecule is COC(=O)C(CCCNC(N)N)NC(=O)C(Cc1ccc(O)cc1)NC(=O)[N]=[Ni].CSc1cc[c-]cc1.CSc1cc[c-]cc1.NC(N)NCCCC(NC(=O)C(Cc1ccc(O)cc1)NC(=O)[N]=[Ni])C(=O)O. The third kappa shape index (κ3) is 30.9. The molecular weight excluding hydrogens is 1070 g/mol. The molecule has 0 aromatic heterocycles. The summed E-state index contributed by atoms with van der Waals surface area (Å²) in [5.41, 5.74) is 22.8. The van der Waals surface area contributed by atoms with Gasteiger partial charge in [-0.3, -0.25) is 0 Å². The molecule has 0 aliphatic carbocycles. The van der Waals surface area contributed by atoms with Gasteiger partial charge < -0.3 is 22.9 Å². The van der Waals surface area contributed by atoms with Crippen LogP contribution in [-0.4, -0.2) is 121 Å². The molecule has 0 fully saturated rings. The van der Waals surface area contributed by atoms with E-state index >= 15 is 0 Å². The number of methoxy groups -OCH3 is 1. The monoisotopic (exact) mass is 1140 g/mol. The van der Waals surface area contributed by atoms with Crippen LogP contribution < -0.4 is 54.8 Å². The average Bonchev–Trinajstić information content (AvgIpc) is 3.39. The van der Waals surface area contributed by atoms with Gasteiger partial charge in [-0.25, -0.2) is 0 Å². The number of urea groups is 2. The summed E-state index contributed by atoms with van der Waals surface area (Å²) in [4.78, 5) is 74.4. The molecule has 4 atom stereocenters. The summed E-state index contributed by atoms with van der Waals surface area (Å²) in [6.45, 7) is 0.812. The molecule has 26 heteroatoms. The van der Waals surface area contributed by atoms with Gasteiger partial charge in [0.1, 0.15) is 0 Å². The molecule has 22 nitrogen and oxygen atoms in total. The minimum absolute atomic E-state index is 0.0490. The van der Waals surface area contributed by atoms with Crippen LogP contribution in [0.15, 0.2) is 115 Å². The number of nitrogens with two attached hydrogens (primary N) is 4. The van der Waals surface area contributed by atoms with E-state index in [1.807, 2.05) is 48.5 Å². The first kappa shape index (κ1) is 65.4. The molecule has 4 aromatic carbocycles. The van der Waals surface area contributed by atoms with Crippen molar-refractivity contribution in [3.63, 3.8) is 0 Å². The normalized spacial score (nSPS) is 12.0. The fraction of sp³-hybridized carbons (Fsp3) is 0.362. The predicted molar refractivity (Wildman–Crippen MR) is 270 cm³/mol. The Hall–Kier alpha value is -5.65. The number of hydrogen-bond donors (Lipinski definition) is 13. The minimum atomic E-state index is -1.21. The summed E-state index contributed by atoms with van der Waals surface area (Å²) < 4.78 is 10.9. The number of nitrogens with zero attached hydrogens (tertiary/aromatic N) is 2. The van der Waals surface area contributed by atoms with Crippen molar-refractivity contribution in [3.05, 3.63) is 120 Å². The quantitative estimate of drug-likeness (QED) is 0.0119. The third-order valence-electron chi connectivity index (χ3n) is 9.47. The van der Waals surface area contributed by atoms with Crippen LogP contribution in [0.1, 0.15) is 36.8 Å². The van der Waals surface area contributed by atoms with Gasteiger partial charge in [-0.2, -0.15) is 84.2 Å². The van der Waals surface area contributed by atoms with E-state index < -0.39 is 72.6 Å². The number of thioether (sulfide) groups is 2. The van der Waals surface area contributed by atoms with Crippen molar-refractivity contribution in [1.82, 2.24) is 31.9 Å². The molecule has 4 unspecified atom stereocenters. The summed E-state index contributed by atoms with van der Waals surface area (Å²) in [6.07, 6.45) is 4.18.